The number of alkyl carbamates (subject to hydrolysis) is 1. The standard InChI is InChI=1S/C29H33N3O5/c1-6-16-32-19-21(22-14-10-11-15-25(22)32)18-23(31-28(35)37-29(2,3)4)26(33)30-24(27(34)36-5)17-20-12-8-7-9-13-20/h1,7-15,19,23-24H,16-18H2,2-5H3,(H,30,33)(H,31,35)/t23-,24-/m0/s1. The van der Waals surface area contributed by atoms with Crippen molar-refractivity contribution in [1.29, 1.82) is 0 Å². The number of methoxy groups -OCH3 is 1. The van der Waals surface area contributed by atoms with Crippen LogP contribution in [0.3, 0.4) is 0 Å². The number of amides is 2. The number of aromatic nitrogens is 1. The van der Waals surface area contributed by atoms with Gasteiger partial charge in [-0.05, 0) is 38.0 Å². The monoisotopic (exact) mass is 503 g/mol. The molecule has 8 heteroatoms. The zero-order valence-corrected chi connectivity index (χ0v) is 21.6. The van der Waals surface area contributed by atoms with E-state index >= 15 is 0 Å². The number of para-hydroxylation sites is 1. The Balaban J connectivity index is 1.90. The van der Waals surface area contributed by atoms with Gasteiger partial charge in [0.15, 0.2) is 0 Å². The maximum atomic E-state index is 13.5. The van der Waals surface area contributed by atoms with E-state index in [9.17, 15) is 14.4 Å². The Morgan fingerprint density at radius 1 is 0.973 bits per heavy atom. The number of carbonyl (C=O) groups excluding carboxylic acids is 3. The second-order valence-corrected chi connectivity index (χ2v) is 9.68. The van der Waals surface area contributed by atoms with E-state index in [0.717, 1.165) is 22.0 Å². The summed E-state index contributed by atoms with van der Waals surface area (Å²) in [5.41, 5.74) is 1.84. The highest BCUT2D eigenvalue weighted by Gasteiger charge is 2.30. The van der Waals surface area contributed by atoms with Crippen LogP contribution in [-0.4, -0.2) is 47.3 Å². The number of ether oxygens (including phenoxy) is 2. The first-order valence-corrected chi connectivity index (χ1v) is 12.0. The maximum absolute atomic E-state index is 13.5. The summed E-state index contributed by atoms with van der Waals surface area (Å²) >= 11 is 0. The van der Waals surface area contributed by atoms with Crippen molar-refractivity contribution in [2.45, 2.75) is 57.8 Å². The number of hydrogen-bond acceptors (Lipinski definition) is 5. The molecule has 0 saturated heterocycles. The van der Waals surface area contributed by atoms with E-state index in [-0.39, 0.29) is 12.8 Å². The summed E-state index contributed by atoms with van der Waals surface area (Å²) in [5, 5.41) is 6.35. The van der Waals surface area contributed by atoms with Crippen LogP contribution in [0.2, 0.25) is 0 Å². The van der Waals surface area contributed by atoms with Crippen molar-refractivity contribution < 1.29 is 23.9 Å². The lowest BCUT2D eigenvalue weighted by molar-refractivity contribution is -0.145. The highest BCUT2D eigenvalue weighted by atomic mass is 16.6. The molecule has 0 radical (unpaired) electrons. The summed E-state index contributed by atoms with van der Waals surface area (Å²) in [6, 6.07) is 15.0. The molecule has 0 aliphatic heterocycles. The number of fused-ring (bicyclic) bond motifs is 1. The molecule has 8 nitrogen and oxygen atoms in total. The van der Waals surface area contributed by atoms with Gasteiger partial charge in [-0.25, -0.2) is 9.59 Å². The molecule has 1 aromatic heterocycles. The quantitative estimate of drug-likeness (QED) is 0.343. The Labute approximate surface area is 217 Å². The number of terminal acetylenes is 1. The Hall–Kier alpha value is -4.25. The lowest BCUT2D eigenvalue weighted by Crippen LogP contribution is -2.53. The average molecular weight is 504 g/mol. The zero-order chi connectivity index (χ0) is 27.0. The van der Waals surface area contributed by atoms with Crippen LogP contribution in [0.25, 0.3) is 10.9 Å². The highest BCUT2D eigenvalue weighted by molar-refractivity contribution is 5.91. The topological polar surface area (TPSA) is 98.7 Å². The first-order valence-electron chi connectivity index (χ1n) is 12.0. The van der Waals surface area contributed by atoms with Crippen molar-refractivity contribution in [3.05, 3.63) is 71.9 Å². The summed E-state index contributed by atoms with van der Waals surface area (Å²) in [6.07, 6.45) is 7.07. The molecule has 2 N–H and O–H groups in total. The molecule has 2 amide bonds. The molecule has 3 aromatic rings. The molecule has 0 bridgehead atoms. The van der Waals surface area contributed by atoms with Crippen molar-refractivity contribution in [2.75, 3.05) is 7.11 Å². The lowest BCUT2D eigenvalue weighted by atomic mass is 10.0. The van der Waals surface area contributed by atoms with E-state index in [4.69, 9.17) is 15.9 Å². The van der Waals surface area contributed by atoms with Gasteiger partial charge in [0, 0.05) is 29.9 Å². The van der Waals surface area contributed by atoms with Crippen molar-refractivity contribution >= 4 is 28.9 Å². The molecule has 0 aliphatic rings. The minimum Gasteiger partial charge on any atom is -0.467 e. The number of nitrogens with one attached hydrogen (secondary N) is 2. The van der Waals surface area contributed by atoms with Crippen LogP contribution in [0.5, 0.6) is 0 Å². The van der Waals surface area contributed by atoms with Gasteiger partial charge < -0.3 is 24.7 Å². The van der Waals surface area contributed by atoms with E-state index in [1.807, 2.05) is 65.4 Å². The van der Waals surface area contributed by atoms with Crippen LogP contribution >= 0.6 is 0 Å². The summed E-state index contributed by atoms with van der Waals surface area (Å²) in [7, 11) is 1.27. The van der Waals surface area contributed by atoms with Crippen LogP contribution in [0, 0.1) is 12.3 Å². The summed E-state index contributed by atoms with van der Waals surface area (Å²) in [4.78, 5) is 38.7. The number of nitrogens with zero attached hydrogens (tertiary/aromatic N) is 1. The smallest absolute Gasteiger partial charge is 0.408 e. The van der Waals surface area contributed by atoms with Gasteiger partial charge in [0.05, 0.1) is 13.7 Å². The molecule has 0 aliphatic carbocycles. The molecule has 0 unspecified atom stereocenters. The highest BCUT2D eigenvalue weighted by Crippen LogP contribution is 2.23. The van der Waals surface area contributed by atoms with Gasteiger partial charge in [-0.15, -0.1) is 6.42 Å². The number of benzene rings is 2. The fraction of sp³-hybridized carbons (Fsp3) is 0.345. The molecule has 2 atom stereocenters. The van der Waals surface area contributed by atoms with E-state index in [2.05, 4.69) is 16.6 Å². The molecule has 194 valence electrons. The van der Waals surface area contributed by atoms with Gasteiger partial charge >= 0.3 is 12.1 Å². The molecule has 1 heterocycles. The molecule has 0 fully saturated rings. The fourth-order valence-corrected chi connectivity index (χ4v) is 4.05. The van der Waals surface area contributed by atoms with Crippen LogP contribution in [-0.2, 0) is 38.4 Å². The number of esters is 1. The first-order chi connectivity index (χ1) is 17.6. The number of rotatable bonds is 9. The predicted octanol–water partition coefficient (Wildman–Crippen LogP) is 3.61. The van der Waals surface area contributed by atoms with Crippen molar-refractivity contribution in [1.82, 2.24) is 15.2 Å². The summed E-state index contributed by atoms with van der Waals surface area (Å²) in [6.45, 7) is 5.57. The van der Waals surface area contributed by atoms with Crippen LogP contribution in [0.4, 0.5) is 4.79 Å². The third kappa shape index (κ3) is 7.61. The molecule has 37 heavy (non-hydrogen) atoms. The Bertz CT molecular complexity index is 1280. The summed E-state index contributed by atoms with van der Waals surface area (Å²) < 4.78 is 12.3. The second-order valence-electron chi connectivity index (χ2n) is 9.68. The predicted molar refractivity (Wildman–Crippen MR) is 142 cm³/mol. The Morgan fingerprint density at radius 2 is 1.65 bits per heavy atom. The van der Waals surface area contributed by atoms with E-state index in [0.29, 0.717) is 6.54 Å². The molecule has 2 aromatic carbocycles. The van der Waals surface area contributed by atoms with Gasteiger partial charge in [-0.1, -0.05) is 54.5 Å². The Kier molecular flexibility index (Phi) is 8.96. The second kappa shape index (κ2) is 12.1. The third-order valence-electron chi connectivity index (χ3n) is 5.65. The molecule has 0 saturated carbocycles. The molecule has 3 rings (SSSR count). The number of carbonyl (C=O) groups is 3. The van der Waals surface area contributed by atoms with Crippen LogP contribution in [0.15, 0.2) is 60.8 Å². The Morgan fingerprint density at radius 3 is 2.30 bits per heavy atom. The molecular formula is C29H33N3O5. The van der Waals surface area contributed by atoms with Gasteiger partial charge in [0.25, 0.3) is 0 Å². The van der Waals surface area contributed by atoms with Crippen molar-refractivity contribution in [3.63, 3.8) is 0 Å². The fourth-order valence-electron chi connectivity index (χ4n) is 4.05. The lowest BCUT2D eigenvalue weighted by Gasteiger charge is -2.25. The van der Waals surface area contributed by atoms with Crippen molar-refractivity contribution in [3.8, 4) is 12.3 Å². The van der Waals surface area contributed by atoms with Crippen molar-refractivity contribution in [2.24, 2.45) is 0 Å². The van der Waals surface area contributed by atoms with Gasteiger partial charge in [-0.2, -0.15) is 0 Å². The maximum Gasteiger partial charge on any atom is 0.408 e. The van der Waals surface area contributed by atoms with Crippen LogP contribution < -0.4 is 10.6 Å². The van der Waals surface area contributed by atoms with E-state index < -0.39 is 35.7 Å². The molecule has 0 spiro atoms. The summed E-state index contributed by atoms with van der Waals surface area (Å²) in [5.74, 6) is 1.51. The minimum absolute atomic E-state index is 0.155. The largest absolute Gasteiger partial charge is 0.467 e. The SMILES string of the molecule is C#CCn1cc(C[C@H](NC(=O)OC(C)(C)C)C(=O)N[C@@H](Cc2ccccc2)C(=O)OC)c2ccccc21. The van der Waals surface area contributed by atoms with Crippen LogP contribution in [0.1, 0.15) is 31.9 Å². The van der Waals surface area contributed by atoms with Gasteiger partial charge in [0.1, 0.15) is 17.7 Å². The van der Waals surface area contributed by atoms with Gasteiger partial charge in [-0.3, -0.25) is 4.79 Å². The molecular weight excluding hydrogens is 470 g/mol. The average Bonchev–Trinajstić information content (AvgIpc) is 3.19. The normalized spacial score (nSPS) is 12.7. The first kappa shape index (κ1) is 27.3. The van der Waals surface area contributed by atoms with E-state index in [1.54, 1.807) is 20.8 Å². The minimum atomic E-state index is -1.03. The van der Waals surface area contributed by atoms with E-state index in [1.165, 1.54) is 7.11 Å². The zero-order valence-electron chi connectivity index (χ0n) is 21.6. The van der Waals surface area contributed by atoms with Gasteiger partial charge in [0.2, 0.25) is 5.91 Å². The number of hydrogen-bond donors (Lipinski definition) is 2. The third-order valence-corrected chi connectivity index (χ3v) is 5.65.